The third-order valence-corrected chi connectivity index (χ3v) is 4.55. The minimum atomic E-state index is 0.366. The summed E-state index contributed by atoms with van der Waals surface area (Å²) in [6.45, 7) is 11.3. The summed E-state index contributed by atoms with van der Waals surface area (Å²) >= 11 is 6.36. The molecule has 106 valence electrons. The van der Waals surface area contributed by atoms with Crippen LogP contribution in [0.25, 0.3) is 0 Å². The van der Waals surface area contributed by atoms with Crippen molar-refractivity contribution in [3.63, 3.8) is 0 Å². The molecule has 0 bridgehead atoms. The Morgan fingerprint density at radius 3 is 2.58 bits per heavy atom. The summed E-state index contributed by atoms with van der Waals surface area (Å²) in [4.78, 5) is 2.60. The second kappa shape index (κ2) is 6.25. The predicted octanol–water partition coefficient (Wildman–Crippen LogP) is 3.72. The van der Waals surface area contributed by atoms with Crippen LogP contribution in [0.5, 0.6) is 0 Å². The molecule has 0 aliphatic carbocycles. The summed E-state index contributed by atoms with van der Waals surface area (Å²) in [5.74, 6) is 0.643. The zero-order valence-electron chi connectivity index (χ0n) is 12.4. The summed E-state index contributed by atoms with van der Waals surface area (Å²) in [6, 6.07) is 9.70. The number of benzene rings is 1. The number of hydrogen-bond donors (Lipinski definition) is 1. The molecule has 0 amide bonds. The molecular formula is C16H25ClN2. The third kappa shape index (κ3) is 3.31. The Morgan fingerprint density at radius 2 is 1.95 bits per heavy atom. The van der Waals surface area contributed by atoms with Gasteiger partial charge in [-0.2, -0.15) is 0 Å². The fraction of sp³-hybridized carbons (Fsp3) is 0.625. The largest absolute Gasteiger partial charge is 0.311 e. The highest BCUT2D eigenvalue weighted by Crippen LogP contribution is 2.31. The molecule has 2 rings (SSSR count). The molecule has 1 fully saturated rings. The van der Waals surface area contributed by atoms with Crippen molar-refractivity contribution in [1.29, 1.82) is 0 Å². The summed E-state index contributed by atoms with van der Waals surface area (Å²) < 4.78 is 0. The van der Waals surface area contributed by atoms with Crippen molar-refractivity contribution in [3.05, 3.63) is 34.9 Å². The summed E-state index contributed by atoms with van der Waals surface area (Å²) in [5.41, 5.74) is 1.24. The minimum absolute atomic E-state index is 0.366. The molecule has 0 aromatic heterocycles. The first-order valence-corrected chi connectivity index (χ1v) is 7.62. The molecule has 3 heteroatoms. The van der Waals surface area contributed by atoms with Gasteiger partial charge in [0.15, 0.2) is 0 Å². The number of piperazine rings is 1. The van der Waals surface area contributed by atoms with Crippen LogP contribution in [-0.2, 0) is 0 Å². The number of halogens is 1. The minimum Gasteiger partial charge on any atom is -0.311 e. The highest BCUT2D eigenvalue weighted by Gasteiger charge is 2.32. The Labute approximate surface area is 122 Å². The fourth-order valence-corrected chi connectivity index (χ4v) is 3.31. The van der Waals surface area contributed by atoms with Crippen LogP contribution < -0.4 is 5.32 Å². The molecule has 1 saturated heterocycles. The summed E-state index contributed by atoms with van der Waals surface area (Å²) in [6.07, 6.45) is 0. The zero-order chi connectivity index (χ0) is 14.0. The topological polar surface area (TPSA) is 15.3 Å². The van der Waals surface area contributed by atoms with Gasteiger partial charge in [0.05, 0.1) is 0 Å². The first-order chi connectivity index (χ1) is 9.00. The monoisotopic (exact) mass is 280 g/mol. The Balaban J connectivity index is 2.24. The molecule has 19 heavy (non-hydrogen) atoms. The van der Waals surface area contributed by atoms with E-state index in [0.717, 1.165) is 18.1 Å². The number of nitrogens with zero attached hydrogens (tertiary/aromatic N) is 1. The van der Waals surface area contributed by atoms with E-state index in [1.54, 1.807) is 0 Å². The fourth-order valence-electron chi connectivity index (χ4n) is 3.01. The van der Waals surface area contributed by atoms with E-state index in [0.29, 0.717) is 24.0 Å². The lowest BCUT2D eigenvalue weighted by Crippen LogP contribution is -2.57. The van der Waals surface area contributed by atoms with E-state index in [-0.39, 0.29) is 0 Å². The van der Waals surface area contributed by atoms with Gasteiger partial charge in [0, 0.05) is 36.2 Å². The molecule has 0 saturated carbocycles. The van der Waals surface area contributed by atoms with Crippen LogP contribution in [0.2, 0.25) is 5.02 Å². The second-order valence-electron chi connectivity index (χ2n) is 6.01. The number of rotatable bonds is 3. The van der Waals surface area contributed by atoms with E-state index in [1.807, 2.05) is 12.1 Å². The smallest absolute Gasteiger partial charge is 0.0453 e. The molecule has 0 radical (unpaired) electrons. The Hall–Kier alpha value is -0.570. The van der Waals surface area contributed by atoms with Gasteiger partial charge in [0.2, 0.25) is 0 Å². The standard InChI is InChI=1S/C16H25ClN2/c1-11(2)16-9-18-12(3)10-19(16)13(4)14-7-5-6-8-15(14)17/h5-8,11-13,16,18H,9-10H2,1-4H3. The van der Waals surface area contributed by atoms with Crippen molar-refractivity contribution < 1.29 is 0 Å². The average Bonchev–Trinajstić information content (AvgIpc) is 2.38. The van der Waals surface area contributed by atoms with E-state index >= 15 is 0 Å². The van der Waals surface area contributed by atoms with Crippen LogP contribution in [0, 0.1) is 5.92 Å². The molecule has 1 aromatic carbocycles. The van der Waals surface area contributed by atoms with Crippen molar-refractivity contribution in [1.82, 2.24) is 10.2 Å². The zero-order valence-corrected chi connectivity index (χ0v) is 13.1. The van der Waals surface area contributed by atoms with E-state index in [9.17, 15) is 0 Å². The SMILES string of the molecule is CC1CN(C(C)c2ccccc2Cl)C(C(C)C)CN1. The molecule has 1 aromatic rings. The molecule has 0 spiro atoms. The highest BCUT2D eigenvalue weighted by atomic mass is 35.5. The number of nitrogens with one attached hydrogen (secondary N) is 1. The van der Waals surface area contributed by atoms with Gasteiger partial charge < -0.3 is 5.32 Å². The second-order valence-corrected chi connectivity index (χ2v) is 6.42. The maximum absolute atomic E-state index is 6.36. The van der Waals surface area contributed by atoms with Gasteiger partial charge in [-0.1, -0.05) is 43.6 Å². The van der Waals surface area contributed by atoms with Gasteiger partial charge in [0.1, 0.15) is 0 Å². The van der Waals surface area contributed by atoms with E-state index in [1.165, 1.54) is 5.56 Å². The van der Waals surface area contributed by atoms with E-state index in [2.05, 4.69) is 50.0 Å². The lowest BCUT2D eigenvalue weighted by Gasteiger charge is -2.45. The average molecular weight is 281 g/mol. The van der Waals surface area contributed by atoms with Gasteiger partial charge in [-0.15, -0.1) is 0 Å². The maximum atomic E-state index is 6.36. The lowest BCUT2D eigenvalue weighted by molar-refractivity contribution is 0.0657. The highest BCUT2D eigenvalue weighted by molar-refractivity contribution is 6.31. The van der Waals surface area contributed by atoms with Crippen LogP contribution in [0.1, 0.15) is 39.3 Å². The van der Waals surface area contributed by atoms with Crippen molar-refractivity contribution in [2.75, 3.05) is 13.1 Å². The molecule has 3 unspecified atom stereocenters. The molecule has 3 atom stereocenters. The van der Waals surface area contributed by atoms with E-state index < -0.39 is 0 Å². The molecule has 1 N–H and O–H groups in total. The normalized spacial score (nSPS) is 26.6. The van der Waals surface area contributed by atoms with Crippen LogP contribution in [0.15, 0.2) is 24.3 Å². The van der Waals surface area contributed by atoms with Gasteiger partial charge >= 0.3 is 0 Å². The molecule has 1 heterocycles. The summed E-state index contributed by atoms with van der Waals surface area (Å²) in [5, 5.41) is 4.47. The van der Waals surface area contributed by atoms with Crippen molar-refractivity contribution in [2.45, 2.75) is 45.8 Å². The summed E-state index contributed by atoms with van der Waals surface area (Å²) in [7, 11) is 0. The van der Waals surface area contributed by atoms with Crippen LogP contribution in [0.3, 0.4) is 0 Å². The first-order valence-electron chi connectivity index (χ1n) is 7.24. The molecule has 1 aliphatic heterocycles. The van der Waals surface area contributed by atoms with Crippen molar-refractivity contribution >= 4 is 11.6 Å². The van der Waals surface area contributed by atoms with Crippen molar-refractivity contribution in [2.24, 2.45) is 5.92 Å². The molecule has 2 nitrogen and oxygen atoms in total. The Morgan fingerprint density at radius 1 is 1.26 bits per heavy atom. The predicted molar refractivity (Wildman–Crippen MR) is 82.7 cm³/mol. The van der Waals surface area contributed by atoms with Crippen LogP contribution in [0.4, 0.5) is 0 Å². The van der Waals surface area contributed by atoms with Gasteiger partial charge in [-0.05, 0) is 31.4 Å². The lowest BCUT2D eigenvalue weighted by atomic mass is 9.95. The van der Waals surface area contributed by atoms with Gasteiger partial charge in [-0.3, -0.25) is 4.90 Å². The van der Waals surface area contributed by atoms with Crippen LogP contribution in [-0.4, -0.2) is 30.1 Å². The maximum Gasteiger partial charge on any atom is 0.0453 e. The Bertz CT molecular complexity index is 419. The number of hydrogen-bond acceptors (Lipinski definition) is 2. The third-order valence-electron chi connectivity index (χ3n) is 4.21. The quantitative estimate of drug-likeness (QED) is 0.908. The van der Waals surface area contributed by atoms with Gasteiger partial charge in [-0.25, -0.2) is 0 Å². The van der Waals surface area contributed by atoms with Crippen LogP contribution >= 0.6 is 11.6 Å². The first kappa shape index (κ1) is 14.8. The molecular weight excluding hydrogens is 256 g/mol. The van der Waals surface area contributed by atoms with Crippen molar-refractivity contribution in [3.8, 4) is 0 Å². The van der Waals surface area contributed by atoms with Gasteiger partial charge in [0.25, 0.3) is 0 Å². The van der Waals surface area contributed by atoms with E-state index in [4.69, 9.17) is 11.6 Å². The molecule has 1 aliphatic rings. The Kier molecular flexibility index (Phi) is 4.88.